The third-order valence-electron chi connectivity index (χ3n) is 3.74. The van der Waals surface area contributed by atoms with Crippen molar-refractivity contribution < 1.29 is 14.6 Å². The average Bonchev–Trinajstić information content (AvgIpc) is 3.36. The van der Waals surface area contributed by atoms with Crippen molar-refractivity contribution in [3.63, 3.8) is 0 Å². The Morgan fingerprint density at radius 1 is 1.14 bits per heavy atom. The van der Waals surface area contributed by atoms with Crippen LogP contribution in [0.5, 0.6) is 5.75 Å². The summed E-state index contributed by atoms with van der Waals surface area (Å²) in [4.78, 5) is 10.8. The topological polar surface area (TPSA) is 58.6 Å². The molecular weight excluding hydrogens is 278 g/mol. The van der Waals surface area contributed by atoms with Crippen molar-refractivity contribution in [2.45, 2.75) is 19.4 Å². The summed E-state index contributed by atoms with van der Waals surface area (Å²) in [6.07, 6.45) is 2.54. The second-order valence-corrected chi connectivity index (χ2v) is 5.61. The standard InChI is InChI=1S/C18H19NO3/c20-18(21)15-9-7-13(8-10-15)11-19-16-3-1-2-4-17(16)22-12-14-5-6-14/h1-4,7-10,14,19H,5-6,11-12H2,(H,20,21). The van der Waals surface area contributed by atoms with Crippen molar-refractivity contribution in [1.29, 1.82) is 0 Å². The van der Waals surface area contributed by atoms with Crippen molar-refractivity contribution in [3.8, 4) is 5.75 Å². The molecule has 1 aliphatic carbocycles. The van der Waals surface area contributed by atoms with Gasteiger partial charge in [0, 0.05) is 6.54 Å². The summed E-state index contributed by atoms with van der Waals surface area (Å²) in [6, 6.07) is 14.8. The minimum atomic E-state index is -0.904. The molecule has 0 saturated heterocycles. The Morgan fingerprint density at radius 2 is 1.86 bits per heavy atom. The number of carboxylic acids is 1. The van der Waals surface area contributed by atoms with Crippen LogP contribution in [0.1, 0.15) is 28.8 Å². The highest BCUT2D eigenvalue weighted by Gasteiger charge is 2.22. The van der Waals surface area contributed by atoms with E-state index in [2.05, 4.69) is 5.32 Å². The van der Waals surface area contributed by atoms with Gasteiger partial charge >= 0.3 is 5.97 Å². The number of anilines is 1. The molecule has 0 bridgehead atoms. The number of para-hydroxylation sites is 2. The molecule has 0 atom stereocenters. The highest BCUT2D eigenvalue weighted by molar-refractivity contribution is 5.87. The number of ether oxygens (including phenoxy) is 1. The van der Waals surface area contributed by atoms with Gasteiger partial charge in [0.05, 0.1) is 17.9 Å². The van der Waals surface area contributed by atoms with E-state index < -0.39 is 5.97 Å². The predicted octanol–water partition coefficient (Wildman–Crippen LogP) is 3.79. The Balaban J connectivity index is 1.61. The van der Waals surface area contributed by atoms with Gasteiger partial charge in [-0.2, -0.15) is 0 Å². The fraction of sp³-hybridized carbons (Fsp3) is 0.278. The lowest BCUT2D eigenvalue weighted by atomic mass is 10.1. The third kappa shape index (κ3) is 3.79. The van der Waals surface area contributed by atoms with Gasteiger partial charge in [0.1, 0.15) is 5.75 Å². The molecule has 0 aromatic heterocycles. The second kappa shape index (κ2) is 6.52. The number of hydrogen-bond acceptors (Lipinski definition) is 3. The van der Waals surface area contributed by atoms with E-state index in [9.17, 15) is 4.79 Å². The predicted molar refractivity (Wildman–Crippen MR) is 85.4 cm³/mol. The third-order valence-corrected chi connectivity index (χ3v) is 3.74. The lowest BCUT2D eigenvalue weighted by Gasteiger charge is -2.13. The lowest BCUT2D eigenvalue weighted by molar-refractivity contribution is 0.0697. The van der Waals surface area contributed by atoms with E-state index in [0.29, 0.717) is 12.1 Å². The fourth-order valence-corrected chi connectivity index (χ4v) is 2.19. The summed E-state index contributed by atoms with van der Waals surface area (Å²) in [5.41, 5.74) is 2.30. The van der Waals surface area contributed by atoms with Gasteiger partial charge in [0.2, 0.25) is 0 Å². The smallest absolute Gasteiger partial charge is 0.335 e. The average molecular weight is 297 g/mol. The van der Waals surface area contributed by atoms with Gasteiger partial charge in [0.25, 0.3) is 0 Å². The minimum Gasteiger partial charge on any atom is -0.491 e. The van der Waals surface area contributed by atoms with E-state index in [1.54, 1.807) is 12.1 Å². The van der Waals surface area contributed by atoms with Crippen LogP contribution in [0.3, 0.4) is 0 Å². The minimum absolute atomic E-state index is 0.303. The molecule has 1 aliphatic rings. The monoisotopic (exact) mass is 297 g/mol. The van der Waals surface area contributed by atoms with Gasteiger partial charge in [0.15, 0.2) is 0 Å². The van der Waals surface area contributed by atoms with Crippen LogP contribution < -0.4 is 10.1 Å². The molecule has 0 spiro atoms. The zero-order valence-corrected chi connectivity index (χ0v) is 12.3. The van der Waals surface area contributed by atoms with Gasteiger partial charge in [-0.1, -0.05) is 24.3 Å². The number of benzene rings is 2. The zero-order chi connectivity index (χ0) is 15.4. The van der Waals surface area contributed by atoms with Crippen molar-refractivity contribution in [1.82, 2.24) is 0 Å². The summed E-state index contributed by atoms with van der Waals surface area (Å²) in [5.74, 6) is 0.687. The molecule has 2 aromatic carbocycles. The van der Waals surface area contributed by atoms with Crippen LogP contribution in [-0.2, 0) is 6.54 Å². The first-order valence-corrected chi connectivity index (χ1v) is 7.50. The van der Waals surface area contributed by atoms with E-state index in [-0.39, 0.29) is 0 Å². The van der Waals surface area contributed by atoms with Crippen molar-refractivity contribution in [2.24, 2.45) is 5.92 Å². The summed E-state index contributed by atoms with van der Waals surface area (Å²) in [7, 11) is 0. The molecule has 0 amide bonds. The molecule has 1 saturated carbocycles. The summed E-state index contributed by atoms with van der Waals surface area (Å²) in [5, 5.41) is 12.2. The normalized spacial score (nSPS) is 13.6. The van der Waals surface area contributed by atoms with Gasteiger partial charge in [-0.15, -0.1) is 0 Å². The van der Waals surface area contributed by atoms with E-state index in [4.69, 9.17) is 9.84 Å². The van der Waals surface area contributed by atoms with Crippen LogP contribution in [0.15, 0.2) is 48.5 Å². The molecule has 0 heterocycles. The van der Waals surface area contributed by atoms with Crippen molar-refractivity contribution >= 4 is 11.7 Å². The number of aromatic carboxylic acids is 1. The maximum Gasteiger partial charge on any atom is 0.335 e. The molecule has 4 heteroatoms. The van der Waals surface area contributed by atoms with Crippen LogP contribution in [0.25, 0.3) is 0 Å². The van der Waals surface area contributed by atoms with Crippen molar-refractivity contribution in [3.05, 3.63) is 59.7 Å². The Morgan fingerprint density at radius 3 is 2.55 bits per heavy atom. The fourth-order valence-electron chi connectivity index (χ4n) is 2.19. The second-order valence-electron chi connectivity index (χ2n) is 5.61. The molecule has 22 heavy (non-hydrogen) atoms. The Bertz CT molecular complexity index is 648. The molecule has 0 unspecified atom stereocenters. The molecule has 2 N–H and O–H groups in total. The van der Waals surface area contributed by atoms with Crippen LogP contribution in [0, 0.1) is 5.92 Å². The van der Waals surface area contributed by atoms with Gasteiger partial charge in [-0.25, -0.2) is 4.79 Å². The van der Waals surface area contributed by atoms with Crippen molar-refractivity contribution in [2.75, 3.05) is 11.9 Å². The van der Waals surface area contributed by atoms with Gasteiger partial charge in [-0.05, 0) is 48.6 Å². The largest absolute Gasteiger partial charge is 0.491 e. The Labute approximate surface area is 129 Å². The van der Waals surface area contributed by atoms with Gasteiger partial charge < -0.3 is 15.2 Å². The first-order chi connectivity index (χ1) is 10.7. The molecule has 1 fully saturated rings. The molecule has 4 nitrogen and oxygen atoms in total. The number of rotatable bonds is 7. The van der Waals surface area contributed by atoms with E-state index in [1.807, 2.05) is 36.4 Å². The number of nitrogens with one attached hydrogen (secondary N) is 1. The van der Waals surface area contributed by atoms with E-state index in [0.717, 1.165) is 29.5 Å². The quantitative estimate of drug-likeness (QED) is 0.816. The summed E-state index contributed by atoms with van der Waals surface area (Å²) in [6.45, 7) is 1.41. The molecule has 0 aliphatic heterocycles. The van der Waals surface area contributed by atoms with Crippen LogP contribution in [0.4, 0.5) is 5.69 Å². The number of hydrogen-bond donors (Lipinski definition) is 2. The van der Waals surface area contributed by atoms with E-state index in [1.165, 1.54) is 12.8 Å². The SMILES string of the molecule is O=C(O)c1ccc(CNc2ccccc2OCC2CC2)cc1. The van der Waals surface area contributed by atoms with Crippen LogP contribution in [0.2, 0.25) is 0 Å². The summed E-state index contributed by atoms with van der Waals surface area (Å²) >= 11 is 0. The lowest BCUT2D eigenvalue weighted by Crippen LogP contribution is -2.05. The highest BCUT2D eigenvalue weighted by Crippen LogP contribution is 2.31. The zero-order valence-electron chi connectivity index (χ0n) is 12.3. The van der Waals surface area contributed by atoms with Crippen LogP contribution >= 0.6 is 0 Å². The number of carbonyl (C=O) groups is 1. The van der Waals surface area contributed by atoms with Gasteiger partial charge in [-0.3, -0.25) is 0 Å². The number of carboxylic acid groups (broad SMARTS) is 1. The maximum atomic E-state index is 10.8. The molecule has 0 radical (unpaired) electrons. The summed E-state index contributed by atoms with van der Waals surface area (Å²) < 4.78 is 5.86. The highest BCUT2D eigenvalue weighted by atomic mass is 16.5. The maximum absolute atomic E-state index is 10.8. The Kier molecular flexibility index (Phi) is 4.28. The Hall–Kier alpha value is -2.49. The molecular formula is C18H19NO3. The van der Waals surface area contributed by atoms with E-state index >= 15 is 0 Å². The van der Waals surface area contributed by atoms with Crippen LogP contribution in [-0.4, -0.2) is 17.7 Å². The first-order valence-electron chi connectivity index (χ1n) is 7.50. The molecule has 2 aromatic rings. The molecule has 3 rings (SSSR count). The first kappa shape index (κ1) is 14.4. The molecule has 114 valence electrons.